The van der Waals surface area contributed by atoms with Gasteiger partial charge in [-0.25, -0.2) is 0 Å². The number of phenolic OH excluding ortho intramolecular Hbond substituents is 1. The van der Waals surface area contributed by atoms with E-state index >= 15 is 0 Å². The van der Waals surface area contributed by atoms with Gasteiger partial charge in [-0.15, -0.1) is 0 Å². The maximum absolute atomic E-state index is 14.5. The fourth-order valence-corrected chi connectivity index (χ4v) is 8.08. The SMILES string of the molecule is CC(=O)C1=C(O)[C@]2(O)C(=O)C3=C(O)c4c(O)c(C#Cc5ccccc5)cc(C(C)C)c4C[C@]3(C)C[C@]2(C)C(C(C)C)C1=O. The lowest BCUT2D eigenvalue weighted by Gasteiger charge is -2.59. The summed E-state index contributed by atoms with van der Waals surface area (Å²) in [7, 11) is 0. The van der Waals surface area contributed by atoms with Crippen molar-refractivity contribution >= 4 is 23.1 Å². The third-order valence-electron chi connectivity index (χ3n) is 9.78. The minimum absolute atomic E-state index is 0.0267. The Labute approximate surface area is 252 Å². The average Bonchev–Trinajstić information content (AvgIpc) is 2.90. The van der Waals surface area contributed by atoms with E-state index in [1.165, 1.54) is 0 Å². The van der Waals surface area contributed by atoms with Gasteiger partial charge in [0.25, 0.3) is 0 Å². The summed E-state index contributed by atoms with van der Waals surface area (Å²) in [6.45, 7) is 12.1. The number of carbonyl (C=O) groups excluding carboxylic acids is 3. The molecule has 43 heavy (non-hydrogen) atoms. The smallest absolute Gasteiger partial charge is 0.203 e. The van der Waals surface area contributed by atoms with E-state index < -0.39 is 56.8 Å². The van der Waals surface area contributed by atoms with Crippen molar-refractivity contribution in [1.82, 2.24) is 0 Å². The van der Waals surface area contributed by atoms with Crippen LogP contribution < -0.4 is 0 Å². The number of hydrogen-bond acceptors (Lipinski definition) is 7. The number of aromatic hydroxyl groups is 1. The van der Waals surface area contributed by atoms with Gasteiger partial charge < -0.3 is 20.4 Å². The quantitative estimate of drug-likeness (QED) is 0.269. The van der Waals surface area contributed by atoms with Gasteiger partial charge >= 0.3 is 0 Å². The third-order valence-corrected chi connectivity index (χ3v) is 9.78. The Balaban J connectivity index is 1.81. The van der Waals surface area contributed by atoms with Crippen molar-refractivity contribution in [2.75, 3.05) is 0 Å². The molecule has 4 atom stereocenters. The van der Waals surface area contributed by atoms with Gasteiger partial charge in [-0.1, -0.05) is 71.6 Å². The molecule has 3 aliphatic rings. The zero-order valence-corrected chi connectivity index (χ0v) is 25.6. The van der Waals surface area contributed by atoms with Crippen LogP contribution in [0.4, 0.5) is 0 Å². The summed E-state index contributed by atoms with van der Waals surface area (Å²) in [6.07, 6.45) is 0.286. The highest BCUT2D eigenvalue weighted by Crippen LogP contribution is 2.65. The Morgan fingerprint density at radius 3 is 2.19 bits per heavy atom. The number of fused-ring (bicyclic) bond motifs is 3. The fourth-order valence-electron chi connectivity index (χ4n) is 8.08. The standard InChI is InChI=1S/C36H38O7/c1-18(2)23-15-22(14-13-21-11-9-8-10-12-21)29(38)26-24(23)16-34(6)17-35(7)27(19(3)4)30(39)25(20(5)37)32(41)36(35,43)33(42)28(34)31(26)40/h8-12,15,18-19,27,38,40-41,43H,16-17H2,1-7H3/t27?,34-,35-,36+/m1/s1. The first-order valence-electron chi connectivity index (χ1n) is 14.7. The molecular formula is C36H38O7. The van der Waals surface area contributed by atoms with Gasteiger partial charge in [-0.3, -0.25) is 14.4 Å². The molecule has 7 heteroatoms. The second-order valence-corrected chi connectivity index (χ2v) is 13.4. The predicted octanol–water partition coefficient (Wildman–Crippen LogP) is 5.71. The van der Waals surface area contributed by atoms with Crippen LogP contribution in [-0.2, 0) is 20.8 Å². The van der Waals surface area contributed by atoms with Crippen LogP contribution in [0.15, 0.2) is 53.3 Å². The molecule has 224 valence electrons. The van der Waals surface area contributed by atoms with Gasteiger partial charge in [0.15, 0.2) is 17.2 Å². The third kappa shape index (κ3) is 4.11. The van der Waals surface area contributed by atoms with E-state index in [9.17, 15) is 34.8 Å². The summed E-state index contributed by atoms with van der Waals surface area (Å²) in [5, 5.41) is 47.0. The number of Topliss-reactive ketones (excluding diaryl/α,β-unsaturated/α-hetero) is 3. The van der Waals surface area contributed by atoms with E-state index in [1.807, 2.05) is 50.2 Å². The van der Waals surface area contributed by atoms with Crippen LogP contribution >= 0.6 is 0 Å². The lowest BCUT2D eigenvalue weighted by Crippen LogP contribution is -2.69. The number of rotatable bonds is 3. The van der Waals surface area contributed by atoms with Gasteiger partial charge in [-0.2, -0.15) is 0 Å². The minimum atomic E-state index is -2.64. The number of phenols is 1. The molecule has 7 nitrogen and oxygen atoms in total. The molecule has 0 bridgehead atoms. The van der Waals surface area contributed by atoms with Crippen LogP contribution in [0.5, 0.6) is 5.75 Å². The normalized spacial score (nSPS) is 28.4. The molecule has 0 heterocycles. The number of benzene rings is 2. The lowest BCUT2D eigenvalue weighted by atomic mass is 9.43. The molecule has 0 aromatic heterocycles. The Bertz CT molecular complexity index is 1710. The predicted molar refractivity (Wildman–Crippen MR) is 162 cm³/mol. The molecule has 0 saturated heterocycles. The Kier molecular flexibility index (Phi) is 7.02. The van der Waals surface area contributed by atoms with Crippen molar-refractivity contribution in [2.45, 2.75) is 72.8 Å². The first-order valence-corrected chi connectivity index (χ1v) is 14.7. The molecule has 4 N–H and O–H groups in total. The number of aliphatic hydroxyl groups is 3. The van der Waals surface area contributed by atoms with Crippen LogP contribution in [-0.4, -0.2) is 43.4 Å². The monoisotopic (exact) mass is 582 g/mol. The summed E-state index contributed by atoms with van der Waals surface area (Å²) in [5.41, 5.74) is -3.34. The minimum Gasteiger partial charge on any atom is -0.508 e. The highest BCUT2D eigenvalue weighted by Gasteiger charge is 2.72. The van der Waals surface area contributed by atoms with Crippen molar-refractivity contribution in [3.63, 3.8) is 0 Å². The van der Waals surface area contributed by atoms with E-state index in [0.29, 0.717) is 5.56 Å². The highest BCUT2D eigenvalue weighted by atomic mass is 16.3. The number of aliphatic hydroxyl groups excluding tert-OH is 2. The van der Waals surface area contributed by atoms with Gasteiger partial charge in [0.1, 0.15) is 22.8 Å². The van der Waals surface area contributed by atoms with Crippen molar-refractivity contribution < 1.29 is 34.8 Å². The van der Waals surface area contributed by atoms with Crippen molar-refractivity contribution in [2.24, 2.45) is 22.7 Å². The molecule has 0 radical (unpaired) electrons. The molecule has 3 aliphatic carbocycles. The second-order valence-electron chi connectivity index (χ2n) is 13.4. The fraction of sp³-hybridized carbons (Fsp3) is 0.417. The van der Waals surface area contributed by atoms with Crippen LogP contribution in [0.2, 0.25) is 0 Å². The van der Waals surface area contributed by atoms with Crippen LogP contribution in [0.3, 0.4) is 0 Å². The second kappa shape index (κ2) is 9.96. The molecule has 2 aromatic carbocycles. The first-order chi connectivity index (χ1) is 20.0. The highest BCUT2D eigenvalue weighted by molar-refractivity contribution is 6.24. The van der Waals surface area contributed by atoms with Crippen molar-refractivity contribution in [3.8, 4) is 17.6 Å². The number of ketones is 3. The largest absolute Gasteiger partial charge is 0.508 e. The zero-order valence-electron chi connectivity index (χ0n) is 25.6. The summed E-state index contributed by atoms with van der Waals surface area (Å²) in [4.78, 5) is 40.8. The van der Waals surface area contributed by atoms with Crippen molar-refractivity contribution in [1.29, 1.82) is 0 Å². The summed E-state index contributed by atoms with van der Waals surface area (Å²) >= 11 is 0. The van der Waals surface area contributed by atoms with E-state index in [0.717, 1.165) is 18.1 Å². The molecule has 5 rings (SSSR count). The summed E-state index contributed by atoms with van der Waals surface area (Å²) in [5.74, 6) is 0.595. The van der Waals surface area contributed by atoms with Gasteiger partial charge in [0.05, 0.1) is 11.1 Å². The lowest BCUT2D eigenvalue weighted by molar-refractivity contribution is -0.178. The molecule has 0 spiro atoms. The zero-order chi connectivity index (χ0) is 31.8. The Hall–Kier alpha value is -4.15. The van der Waals surface area contributed by atoms with E-state index in [-0.39, 0.29) is 47.1 Å². The average molecular weight is 583 g/mol. The number of carbonyl (C=O) groups is 3. The Morgan fingerprint density at radius 1 is 1.00 bits per heavy atom. The van der Waals surface area contributed by atoms with Crippen LogP contribution in [0.1, 0.15) is 88.6 Å². The van der Waals surface area contributed by atoms with Gasteiger partial charge in [0, 0.05) is 27.9 Å². The maximum atomic E-state index is 14.5. The molecule has 0 aliphatic heterocycles. The van der Waals surface area contributed by atoms with Gasteiger partial charge in [0.2, 0.25) is 5.78 Å². The topological polar surface area (TPSA) is 132 Å². The van der Waals surface area contributed by atoms with Crippen LogP contribution in [0, 0.1) is 34.5 Å². The van der Waals surface area contributed by atoms with E-state index in [4.69, 9.17) is 0 Å². The molecule has 1 saturated carbocycles. The van der Waals surface area contributed by atoms with Crippen molar-refractivity contribution in [3.05, 3.63) is 81.1 Å². The summed E-state index contributed by atoms with van der Waals surface area (Å²) in [6, 6.07) is 11.1. The molecule has 1 unspecified atom stereocenters. The number of allylic oxidation sites excluding steroid dienone is 1. The molecule has 1 fully saturated rings. The molecule has 0 amide bonds. The van der Waals surface area contributed by atoms with E-state index in [2.05, 4.69) is 11.8 Å². The summed E-state index contributed by atoms with van der Waals surface area (Å²) < 4.78 is 0. The molecular weight excluding hydrogens is 544 g/mol. The van der Waals surface area contributed by atoms with Gasteiger partial charge in [-0.05, 0) is 60.9 Å². The first kappa shape index (κ1) is 30.3. The number of hydrogen-bond donors (Lipinski definition) is 4. The molecule has 2 aromatic rings. The Morgan fingerprint density at radius 2 is 1.63 bits per heavy atom. The maximum Gasteiger partial charge on any atom is 0.203 e. The van der Waals surface area contributed by atoms with Crippen LogP contribution in [0.25, 0.3) is 5.76 Å². The van der Waals surface area contributed by atoms with E-state index in [1.54, 1.807) is 27.7 Å².